The molecule has 0 spiro atoms. The van der Waals surface area contributed by atoms with Gasteiger partial charge in [0, 0.05) is 0 Å². The highest BCUT2D eigenvalue weighted by atomic mass is 127. The highest BCUT2D eigenvalue weighted by molar-refractivity contribution is 14.1. The quantitative estimate of drug-likeness (QED) is 0.412. The Kier molecular flexibility index (Phi) is 4.40. The summed E-state index contributed by atoms with van der Waals surface area (Å²) in [6.45, 7) is 0. The van der Waals surface area contributed by atoms with E-state index in [1.165, 1.54) is 0 Å². The molecule has 0 bridgehead atoms. The van der Waals surface area contributed by atoms with Crippen molar-refractivity contribution in [2.45, 2.75) is 24.1 Å². The lowest BCUT2D eigenvalue weighted by Gasteiger charge is -2.32. The lowest BCUT2D eigenvalue weighted by atomic mass is 10.1. The fraction of sp³-hybridized carbons (Fsp3) is 1.00. The van der Waals surface area contributed by atoms with Gasteiger partial charge in [-0.1, -0.05) is 22.6 Å². The van der Waals surface area contributed by atoms with Crippen LogP contribution in [0.2, 0.25) is 0 Å². The number of hydrogen-bond donors (Lipinski definition) is 0. The van der Waals surface area contributed by atoms with Gasteiger partial charge in [0.1, 0.15) is 4.61 Å². The van der Waals surface area contributed by atoms with Gasteiger partial charge in [-0.15, -0.1) is 0 Å². The second kappa shape index (κ2) is 4.38. The molecule has 0 amide bonds. The van der Waals surface area contributed by atoms with E-state index >= 15 is 0 Å². The van der Waals surface area contributed by atoms with Crippen LogP contribution < -0.4 is 0 Å². The Morgan fingerprint density at radius 2 is 1.12 bits per heavy atom. The Morgan fingerprint density at radius 3 is 1.38 bits per heavy atom. The summed E-state index contributed by atoms with van der Waals surface area (Å²) in [6.07, 6.45) is -12.7. The first-order valence-corrected chi connectivity index (χ1v) is 4.74. The number of ether oxygens (including phenoxy) is 1. The van der Waals surface area contributed by atoms with E-state index in [9.17, 15) is 39.5 Å². The zero-order chi connectivity index (χ0) is 13.4. The molecule has 11 heteroatoms. The van der Waals surface area contributed by atoms with Crippen LogP contribution in [-0.2, 0) is 4.74 Å². The van der Waals surface area contributed by atoms with Crippen LogP contribution in [0.25, 0.3) is 0 Å². The summed E-state index contributed by atoms with van der Waals surface area (Å²) in [5.74, 6) is -13.6. The first kappa shape index (κ1) is 16.1. The van der Waals surface area contributed by atoms with Crippen LogP contribution in [0.3, 0.4) is 0 Å². The van der Waals surface area contributed by atoms with Crippen LogP contribution in [0.15, 0.2) is 0 Å². The highest BCUT2D eigenvalue weighted by Crippen LogP contribution is 2.53. The summed E-state index contributed by atoms with van der Waals surface area (Å²) >= 11 is 0.940. The molecule has 0 aliphatic rings. The molecule has 0 aromatic carbocycles. The van der Waals surface area contributed by atoms with Crippen molar-refractivity contribution in [1.29, 1.82) is 0 Å². The van der Waals surface area contributed by atoms with E-state index < -0.39 is 28.7 Å². The molecule has 0 atom stereocenters. The minimum absolute atomic E-state index is 0.940. The molecular formula is C5H2F9IO. The van der Waals surface area contributed by atoms with E-state index in [0.717, 1.165) is 22.6 Å². The van der Waals surface area contributed by atoms with E-state index in [1.54, 1.807) is 0 Å². The molecular weight excluding hydrogens is 374 g/mol. The van der Waals surface area contributed by atoms with Crippen molar-refractivity contribution in [2.24, 2.45) is 0 Å². The minimum atomic E-state index is -6.89. The van der Waals surface area contributed by atoms with Gasteiger partial charge < -0.3 is 4.74 Å². The molecule has 0 unspecified atom stereocenters. The van der Waals surface area contributed by atoms with Crippen molar-refractivity contribution >= 4 is 22.6 Å². The van der Waals surface area contributed by atoms with Crippen molar-refractivity contribution in [1.82, 2.24) is 0 Å². The zero-order valence-electron chi connectivity index (χ0n) is 6.89. The maximum absolute atomic E-state index is 12.3. The van der Waals surface area contributed by atoms with Crippen molar-refractivity contribution in [3.05, 3.63) is 0 Å². The Hall–Kier alpha value is 0.0600. The monoisotopic (exact) mass is 376 g/mol. The number of rotatable bonds is 4. The molecule has 0 aromatic rings. The topological polar surface area (TPSA) is 9.23 Å². The molecule has 0 heterocycles. The maximum atomic E-state index is 12.3. The minimum Gasteiger partial charge on any atom is -0.305 e. The third kappa shape index (κ3) is 2.49. The van der Waals surface area contributed by atoms with Gasteiger partial charge in [-0.3, -0.25) is 0 Å². The third-order valence-corrected chi connectivity index (χ3v) is 1.66. The molecule has 0 aliphatic heterocycles. The highest BCUT2D eigenvalue weighted by Gasteiger charge is 2.82. The van der Waals surface area contributed by atoms with Crippen LogP contribution in [0.1, 0.15) is 0 Å². The summed E-state index contributed by atoms with van der Waals surface area (Å²) in [5, 5.41) is 0. The Labute approximate surface area is 96.1 Å². The molecule has 0 aliphatic carbocycles. The van der Waals surface area contributed by atoms with Gasteiger partial charge in [-0.05, 0) is 0 Å². The van der Waals surface area contributed by atoms with Crippen LogP contribution in [0.4, 0.5) is 39.5 Å². The molecule has 0 saturated carbocycles. The molecule has 16 heavy (non-hydrogen) atoms. The SMILES string of the molecule is FC(F)(F)C(F)(F)C(F)(F)C(F)(F)OCI. The van der Waals surface area contributed by atoms with E-state index in [2.05, 4.69) is 4.74 Å². The fourth-order valence-electron chi connectivity index (χ4n) is 0.520. The standard InChI is InChI=1S/C5H2F9IO/c6-2(7,4(10,11)12)3(8,9)5(13,14)16-1-15/h1H2. The predicted molar refractivity (Wildman–Crippen MR) is 40.9 cm³/mol. The molecule has 98 valence electrons. The van der Waals surface area contributed by atoms with Crippen LogP contribution in [0.5, 0.6) is 0 Å². The molecule has 0 N–H and O–H groups in total. The zero-order valence-corrected chi connectivity index (χ0v) is 9.05. The molecule has 0 radical (unpaired) electrons. The Bertz CT molecular complexity index is 247. The number of hydrogen-bond acceptors (Lipinski definition) is 1. The summed E-state index contributed by atoms with van der Waals surface area (Å²) in [4.78, 5) is 0. The van der Waals surface area contributed by atoms with Gasteiger partial charge in [-0.25, -0.2) is 0 Å². The largest absolute Gasteiger partial charge is 0.460 e. The van der Waals surface area contributed by atoms with Crippen LogP contribution in [-0.4, -0.2) is 28.7 Å². The van der Waals surface area contributed by atoms with Crippen molar-refractivity contribution < 1.29 is 44.3 Å². The third-order valence-electron chi connectivity index (χ3n) is 1.35. The summed E-state index contributed by atoms with van der Waals surface area (Å²) in [5.41, 5.74) is 0. The van der Waals surface area contributed by atoms with E-state index in [0.29, 0.717) is 0 Å². The maximum Gasteiger partial charge on any atom is 0.460 e. The first-order valence-electron chi connectivity index (χ1n) is 3.21. The van der Waals surface area contributed by atoms with E-state index in [-0.39, 0.29) is 0 Å². The van der Waals surface area contributed by atoms with Gasteiger partial charge in [0.15, 0.2) is 0 Å². The second-order valence-corrected chi connectivity index (χ2v) is 3.04. The van der Waals surface area contributed by atoms with Crippen LogP contribution >= 0.6 is 22.6 Å². The second-order valence-electron chi connectivity index (χ2n) is 2.42. The number of halogens is 10. The normalized spacial score (nSPS) is 15.4. The molecule has 0 saturated heterocycles. The fourth-order valence-corrected chi connectivity index (χ4v) is 0.911. The average molecular weight is 376 g/mol. The van der Waals surface area contributed by atoms with Gasteiger partial charge in [0.2, 0.25) is 0 Å². The van der Waals surface area contributed by atoms with Crippen molar-refractivity contribution in [3.63, 3.8) is 0 Å². The van der Waals surface area contributed by atoms with Crippen molar-refractivity contribution in [3.8, 4) is 0 Å². The van der Waals surface area contributed by atoms with Gasteiger partial charge >= 0.3 is 24.1 Å². The van der Waals surface area contributed by atoms with Gasteiger partial charge in [0.05, 0.1) is 0 Å². The molecule has 0 fully saturated rings. The number of alkyl halides is 10. The predicted octanol–water partition coefficient (Wildman–Crippen LogP) is 3.82. The summed E-state index contributed by atoms with van der Waals surface area (Å²) < 4.78 is 109. The van der Waals surface area contributed by atoms with E-state index in [4.69, 9.17) is 0 Å². The Morgan fingerprint density at radius 1 is 0.750 bits per heavy atom. The molecule has 0 aromatic heterocycles. The van der Waals surface area contributed by atoms with E-state index in [1.807, 2.05) is 0 Å². The first-order chi connectivity index (χ1) is 6.81. The lowest BCUT2D eigenvalue weighted by molar-refractivity contribution is -0.440. The van der Waals surface area contributed by atoms with Crippen molar-refractivity contribution in [2.75, 3.05) is 4.61 Å². The van der Waals surface area contributed by atoms with Gasteiger partial charge in [-0.2, -0.15) is 39.5 Å². The summed E-state index contributed by atoms with van der Waals surface area (Å²) in [6, 6.07) is 0. The smallest absolute Gasteiger partial charge is 0.305 e. The average Bonchev–Trinajstić information content (AvgIpc) is 2.01. The summed E-state index contributed by atoms with van der Waals surface area (Å²) in [7, 11) is 0. The lowest BCUT2D eigenvalue weighted by Crippen LogP contribution is -2.61. The van der Waals surface area contributed by atoms with Crippen LogP contribution in [0, 0.1) is 0 Å². The Balaban J connectivity index is 5.34. The molecule has 1 nitrogen and oxygen atoms in total. The molecule has 0 rings (SSSR count). The van der Waals surface area contributed by atoms with Gasteiger partial charge in [0.25, 0.3) is 0 Å².